The van der Waals surface area contributed by atoms with Gasteiger partial charge in [0.2, 0.25) is 0 Å². The third-order valence-electron chi connectivity index (χ3n) is 3.30. The van der Waals surface area contributed by atoms with Gasteiger partial charge in [-0.3, -0.25) is 5.10 Å². The molecule has 0 spiro atoms. The van der Waals surface area contributed by atoms with Crippen molar-refractivity contribution in [2.45, 2.75) is 13.3 Å². The van der Waals surface area contributed by atoms with Gasteiger partial charge in [-0.15, -0.1) is 0 Å². The van der Waals surface area contributed by atoms with Crippen LogP contribution in [0.1, 0.15) is 12.6 Å². The number of rotatable bonds is 3. The highest BCUT2D eigenvalue weighted by Gasteiger charge is 2.14. The summed E-state index contributed by atoms with van der Waals surface area (Å²) >= 11 is 0. The molecule has 0 atom stereocenters. The molecule has 1 heterocycles. The fourth-order valence-corrected chi connectivity index (χ4v) is 2.35. The molecule has 19 heavy (non-hydrogen) atoms. The number of aromatic nitrogens is 2. The van der Waals surface area contributed by atoms with E-state index in [0.717, 1.165) is 17.7 Å². The van der Waals surface area contributed by atoms with Crippen molar-refractivity contribution in [1.82, 2.24) is 10.2 Å². The minimum Gasteiger partial charge on any atom is -0.281 e. The molecule has 94 valence electrons. The number of aromatic amines is 1. The molecule has 0 radical (unpaired) electrons. The second-order valence-corrected chi connectivity index (χ2v) is 4.51. The van der Waals surface area contributed by atoms with E-state index in [0.29, 0.717) is 0 Å². The predicted molar refractivity (Wildman–Crippen MR) is 78.8 cm³/mol. The summed E-state index contributed by atoms with van der Waals surface area (Å²) in [5, 5.41) is 7.68. The van der Waals surface area contributed by atoms with Crippen LogP contribution in [0.4, 0.5) is 0 Å². The van der Waals surface area contributed by atoms with Gasteiger partial charge < -0.3 is 0 Å². The van der Waals surface area contributed by atoms with Gasteiger partial charge in [0.15, 0.2) is 0 Å². The Balaban J connectivity index is 2.20. The maximum atomic E-state index is 4.51. The monoisotopic (exact) mass is 248 g/mol. The summed E-state index contributed by atoms with van der Waals surface area (Å²) in [7, 11) is 0. The lowest BCUT2D eigenvalue weighted by atomic mass is 9.98. The van der Waals surface area contributed by atoms with E-state index in [9.17, 15) is 0 Å². The lowest BCUT2D eigenvalue weighted by Crippen LogP contribution is -1.86. The Kier molecular flexibility index (Phi) is 3.15. The highest BCUT2D eigenvalue weighted by Crippen LogP contribution is 2.33. The molecule has 0 aliphatic carbocycles. The molecule has 0 bridgehead atoms. The van der Waals surface area contributed by atoms with Gasteiger partial charge in [0.1, 0.15) is 5.69 Å². The molecule has 2 aromatic carbocycles. The van der Waals surface area contributed by atoms with Crippen LogP contribution in [0.5, 0.6) is 0 Å². The van der Waals surface area contributed by atoms with Gasteiger partial charge in [0, 0.05) is 16.8 Å². The van der Waals surface area contributed by atoms with Crippen LogP contribution in [-0.4, -0.2) is 10.2 Å². The second kappa shape index (κ2) is 5.11. The van der Waals surface area contributed by atoms with Crippen LogP contribution in [0.3, 0.4) is 0 Å². The molecule has 0 aliphatic rings. The van der Waals surface area contributed by atoms with Gasteiger partial charge in [-0.2, -0.15) is 5.10 Å². The standard InChI is InChI=1S/C17H16N2/c1-2-15-16(13-9-5-3-6-10-13)17(19-18-15)14-11-7-4-8-12-14/h3-12H,2H2,1H3,(H,18,19). The quantitative estimate of drug-likeness (QED) is 0.735. The van der Waals surface area contributed by atoms with E-state index >= 15 is 0 Å². The molecule has 1 N–H and O–H groups in total. The summed E-state index contributed by atoms with van der Waals surface area (Å²) < 4.78 is 0. The number of aryl methyl sites for hydroxylation is 1. The lowest BCUT2D eigenvalue weighted by Gasteiger charge is -2.05. The number of benzene rings is 2. The number of hydrogen-bond acceptors (Lipinski definition) is 1. The Bertz CT molecular complexity index is 654. The zero-order chi connectivity index (χ0) is 13.1. The summed E-state index contributed by atoms with van der Waals surface area (Å²) in [5.41, 5.74) is 5.80. The fourth-order valence-electron chi connectivity index (χ4n) is 2.35. The van der Waals surface area contributed by atoms with Gasteiger partial charge in [-0.1, -0.05) is 67.6 Å². The van der Waals surface area contributed by atoms with Crippen LogP contribution >= 0.6 is 0 Å². The zero-order valence-electron chi connectivity index (χ0n) is 10.9. The van der Waals surface area contributed by atoms with Crippen molar-refractivity contribution in [3.8, 4) is 22.4 Å². The van der Waals surface area contributed by atoms with Crippen LogP contribution in [0, 0.1) is 0 Å². The second-order valence-electron chi connectivity index (χ2n) is 4.51. The molecule has 3 rings (SSSR count). The van der Waals surface area contributed by atoms with Crippen LogP contribution in [0.2, 0.25) is 0 Å². The van der Waals surface area contributed by atoms with E-state index in [1.807, 2.05) is 24.3 Å². The third-order valence-corrected chi connectivity index (χ3v) is 3.30. The van der Waals surface area contributed by atoms with Crippen molar-refractivity contribution in [2.24, 2.45) is 0 Å². The summed E-state index contributed by atoms with van der Waals surface area (Å²) in [5.74, 6) is 0. The first-order valence-corrected chi connectivity index (χ1v) is 6.58. The summed E-state index contributed by atoms with van der Waals surface area (Å²) in [6.45, 7) is 2.15. The molecule has 2 nitrogen and oxygen atoms in total. The first kappa shape index (κ1) is 11.7. The molecule has 0 fully saturated rings. The fraction of sp³-hybridized carbons (Fsp3) is 0.118. The van der Waals surface area contributed by atoms with E-state index in [4.69, 9.17) is 0 Å². The van der Waals surface area contributed by atoms with Crippen molar-refractivity contribution < 1.29 is 0 Å². The number of hydrogen-bond donors (Lipinski definition) is 1. The Morgan fingerprint density at radius 2 is 1.42 bits per heavy atom. The average molecular weight is 248 g/mol. The van der Waals surface area contributed by atoms with Crippen molar-refractivity contribution in [2.75, 3.05) is 0 Å². The molecule has 0 saturated carbocycles. The highest BCUT2D eigenvalue weighted by molar-refractivity contribution is 5.82. The number of nitrogens with zero attached hydrogens (tertiary/aromatic N) is 1. The SMILES string of the molecule is CCc1[nH]nc(-c2ccccc2)c1-c1ccccc1. The Morgan fingerprint density at radius 3 is 2.00 bits per heavy atom. The van der Waals surface area contributed by atoms with Crippen molar-refractivity contribution in [1.29, 1.82) is 0 Å². The summed E-state index contributed by atoms with van der Waals surface area (Å²) in [6, 6.07) is 20.8. The normalized spacial score (nSPS) is 10.6. The molecule has 0 aliphatic heterocycles. The third kappa shape index (κ3) is 2.17. The molecule has 0 amide bonds. The van der Waals surface area contributed by atoms with Crippen LogP contribution in [0.15, 0.2) is 60.7 Å². The predicted octanol–water partition coefficient (Wildman–Crippen LogP) is 4.31. The number of H-pyrrole nitrogens is 1. The maximum absolute atomic E-state index is 4.51. The Morgan fingerprint density at radius 1 is 0.842 bits per heavy atom. The zero-order valence-corrected chi connectivity index (χ0v) is 10.9. The largest absolute Gasteiger partial charge is 0.281 e. The van der Waals surface area contributed by atoms with E-state index < -0.39 is 0 Å². The smallest absolute Gasteiger partial charge is 0.100 e. The van der Waals surface area contributed by atoms with E-state index in [-0.39, 0.29) is 0 Å². The van der Waals surface area contributed by atoms with Crippen LogP contribution in [-0.2, 0) is 6.42 Å². The summed E-state index contributed by atoms with van der Waals surface area (Å²) in [6.07, 6.45) is 0.948. The molecule has 1 aromatic heterocycles. The molecule has 0 unspecified atom stereocenters. The van der Waals surface area contributed by atoms with Gasteiger partial charge in [0.25, 0.3) is 0 Å². The minimum atomic E-state index is 0.948. The summed E-state index contributed by atoms with van der Waals surface area (Å²) in [4.78, 5) is 0. The topological polar surface area (TPSA) is 28.7 Å². The van der Waals surface area contributed by atoms with Gasteiger partial charge >= 0.3 is 0 Å². The van der Waals surface area contributed by atoms with Crippen molar-refractivity contribution in [3.05, 3.63) is 66.4 Å². The molecular weight excluding hydrogens is 232 g/mol. The molecule has 2 heteroatoms. The first-order chi connectivity index (χ1) is 9.40. The van der Waals surface area contributed by atoms with Gasteiger partial charge in [-0.05, 0) is 12.0 Å². The molecule has 0 saturated heterocycles. The van der Waals surface area contributed by atoms with E-state index in [2.05, 4.69) is 53.5 Å². The Hall–Kier alpha value is -2.35. The highest BCUT2D eigenvalue weighted by atomic mass is 15.1. The van der Waals surface area contributed by atoms with E-state index in [1.165, 1.54) is 16.8 Å². The maximum Gasteiger partial charge on any atom is 0.100 e. The average Bonchev–Trinajstić information content (AvgIpc) is 2.93. The Labute approximate surface area is 113 Å². The minimum absolute atomic E-state index is 0.948. The van der Waals surface area contributed by atoms with Crippen molar-refractivity contribution in [3.63, 3.8) is 0 Å². The van der Waals surface area contributed by atoms with Gasteiger partial charge in [-0.25, -0.2) is 0 Å². The first-order valence-electron chi connectivity index (χ1n) is 6.58. The lowest BCUT2D eigenvalue weighted by molar-refractivity contribution is 0.977. The van der Waals surface area contributed by atoms with Gasteiger partial charge in [0.05, 0.1) is 0 Å². The number of nitrogens with one attached hydrogen (secondary N) is 1. The molecular formula is C17H16N2. The van der Waals surface area contributed by atoms with Crippen LogP contribution < -0.4 is 0 Å². The van der Waals surface area contributed by atoms with Crippen LogP contribution in [0.25, 0.3) is 22.4 Å². The van der Waals surface area contributed by atoms with E-state index in [1.54, 1.807) is 0 Å². The van der Waals surface area contributed by atoms with Crippen molar-refractivity contribution >= 4 is 0 Å². The molecule has 3 aromatic rings.